The Balaban J connectivity index is 0.000000409. The van der Waals surface area contributed by atoms with E-state index in [0.29, 0.717) is 54.7 Å². The lowest BCUT2D eigenvalue weighted by molar-refractivity contribution is -0.344. The Labute approximate surface area is 534 Å². The van der Waals surface area contributed by atoms with Gasteiger partial charge in [0.25, 0.3) is 11.1 Å². The molecule has 8 heterocycles. The number of fused-ring (bicyclic) bond motifs is 2. The lowest BCUT2D eigenvalue weighted by Gasteiger charge is -2.50. The molecule has 4 aliphatic rings. The van der Waals surface area contributed by atoms with Crippen molar-refractivity contribution in [2.24, 2.45) is 51.5 Å². The number of aryl methyl sites for hydroxylation is 2. The topological polar surface area (TPSA) is 399 Å². The van der Waals surface area contributed by atoms with Crippen molar-refractivity contribution in [3.8, 4) is 0 Å². The number of esters is 2. The number of nitrogens with two attached hydrogens (primary N) is 2. The molecule has 0 radical (unpaired) electrons. The largest absolute Gasteiger partial charge is 0.462 e. The zero-order valence-corrected chi connectivity index (χ0v) is 55.9. The van der Waals surface area contributed by atoms with Gasteiger partial charge in [-0.1, -0.05) is 31.2 Å². The van der Waals surface area contributed by atoms with Crippen molar-refractivity contribution in [1.29, 1.82) is 0 Å². The number of aldehydes is 1. The van der Waals surface area contributed by atoms with E-state index in [1.54, 1.807) is 53.9 Å². The average Bonchev–Trinajstić information content (AvgIpc) is 1.21. The second-order valence-corrected chi connectivity index (χ2v) is 24.6. The Morgan fingerprint density at radius 3 is 1.85 bits per heavy atom. The van der Waals surface area contributed by atoms with Crippen LogP contribution in [0.4, 0.5) is 0 Å². The molecular formula is C61H100N12O19. The molecule has 3 saturated heterocycles. The number of cyclic esters (lactones) is 1. The summed E-state index contributed by atoms with van der Waals surface area (Å²) in [6, 6.07) is -0.509. The molecule has 4 aromatic heterocycles. The molecule has 0 amide bonds. The van der Waals surface area contributed by atoms with Crippen LogP contribution in [-0.4, -0.2) is 234 Å². The Morgan fingerprint density at radius 2 is 1.35 bits per heavy atom. The van der Waals surface area contributed by atoms with E-state index in [4.69, 9.17) is 54.1 Å². The van der Waals surface area contributed by atoms with Crippen molar-refractivity contribution in [3.05, 3.63) is 78.6 Å². The van der Waals surface area contributed by atoms with Crippen LogP contribution < -0.4 is 34.0 Å². The molecule has 9 N–H and O–H groups in total. The number of nitrogens with one attached hydrogen (secondary N) is 2. The molecule has 92 heavy (non-hydrogen) atoms. The van der Waals surface area contributed by atoms with E-state index < -0.39 is 109 Å². The van der Waals surface area contributed by atoms with E-state index in [9.17, 15) is 48.9 Å². The van der Waals surface area contributed by atoms with Gasteiger partial charge in [0.15, 0.2) is 30.2 Å². The first-order chi connectivity index (χ1) is 43.3. The van der Waals surface area contributed by atoms with Gasteiger partial charge in [-0.15, -0.1) is 0 Å². The Morgan fingerprint density at radius 1 is 0.772 bits per heavy atom. The minimum atomic E-state index is -1.49. The molecule has 0 aromatic carbocycles. The van der Waals surface area contributed by atoms with Gasteiger partial charge in [-0.3, -0.25) is 37.4 Å². The van der Waals surface area contributed by atoms with Gasteiger partial charge in [0.1, 0.15) is 53.9 Å². The number of rotatable bonds is 13. The Kier molecular flexibility index (Phi) is 29.0. The minimum Gasteiger partial charge on any atom is -0.462 e. The highest BCUT2D eigenvalue weighted by molar-refractivity contribution is 5.72. The molecule has 31 heteroatoms. The number of carbonyl (C=O) groups is 3. The van der Waals surface area contributed by atoms with Crippen LogP contribution in [0.1, 0.15) is 93.4 Å². The van der Waals surface area contributed by atoms with Crippen LogP contribution >= 0.6 is 0 Å². The summed E-state index contributed by atoms with van der Waals surface area (Å²) in [6.45, 7) is 13.2. The summed E-state index contributed by atoms with van der Waals surface area (Å²) in [5.74, 6) is -2.21. The summed E-state index contributed by atoms with van der Waals surface area (Å²) in [4.78, 5) is 101. The molecule has 0 unspecified atom stereocenters. The van der Waals surface area contributed by atoms with E-state index in [0.717, 1.165) is 21.8 Å². The van der Waals surface area contributed by atoms with E-state index >= 15 is 0 Å². The van der Waals surface area contributed by atoms with E-state index in [2.05, 4.69) is 24.8 Å². The molecule has 0 spiro atoms. The molecule has 31 nitrogen and oxygen atoms in total. The molecule has 3 fully saturated rings. The maximum absolute atomic E-state index is 13.4. The number of allylic oxidation sites excluding steroid dienone is 2. The summed E-state index contributed by atoms with van der Waals surface area (Å²) in [7, 11) is 15.0. The fourth-order valence-electron chi connectivity index (χ4n) is 11.9. The van der Waals surface area contributed by atoms with Crippen LogP contribution in [0.5, 0.6) is 0 Å². The normalized spacial score (nSPS) is 33.1. The zero-order chi connectivity index (χ0) is 68.6. The monoisotopic (exact) mass is 1300 g/mol. The number of methoxy groups -OCH3 is 1. The van der Waals surface area contributed by atoms with Crippen molar-refractivity contribution in [2.45, 2.75) is 197 Å². The van der Waals surface area contributed by atoms with Crippen molar-refractivity contribution < 1.29 is 72.3 Å². The fraction of sp³-hybridized carbons (Fsp3) is 0.721. The van der Waals surface area contributed by atoms with Gasteiger partial charge in [0.05, 0.1) is 61.2 Å². The predicted octanol–water partition coefficient (Wildman–Crippen LogP) is -0.280. The third-order valence-electron chi connectivity index (χ3n) is 16.9. The first kappa shape index (κ1) is 76.5. The first-order valence-electron chi connectivity index (χ1n) is 30.9. The lowest BCUT2D eigenvalue weighted by atomic mass is 9.82. The highest BCUT2D eigenvalue weighted by Crippen LogP contribution is 2.38. The van der Waals surface area contributed by atoms with Crippen molar-refractivity contribution in [3.63, 3.8) is 0 Å². The summed E-state index contributed by atoms with van der Waals surface area (Å²) in [6.07, 6.45) is 0.983. The third kappa shape index (κ3) is 19.5. The van der Waals surface area contributed by atoms with Crippen LogP contribution in [0.25, 0.3) is 22.3 Å². The summed E-state index contributed by atoms with van der Waals surface area (Å²) in [5.41, 5.74) is 8.34. The second-order valence-electron chi connectivity index (χ2n) is 24.6. The zero-order valence-electron chi connectivity index (χ0n) is 55.9. The van der Waals surface area contributed by atoms with Gasteiger partial charge < -0.3 is 94.0 Å². The minimum absolute atomic E-state index is 0.0293. The van der Waals surface area contributed by atoms with Crippen LogP contribution in [0.3, 0.4) is 0 Å². The predicted molar refractivity (Wildman–Crippen MR) is 338 cm³/mol. The Hall–Kier alpha value is -6.17. The van der Waals surface area contributed by atoms with E-state index in [1.165, 1.54) is 56.8 Å². The third-order valence-corrected chi connectivity index (χ3v) is 16.9. The number of likely N-dealkylation sites (N-methyl/N-ethyl adjacent to an activating group) is 2. The molecule has 4 aliphatic heterocycles. The van der Waals surface area contributed by atoms with E-state index in [1.807, 2.05) is 52.2 Å². The van der Waals surface area contributed by atoms with Gasteiger partial charge >= 0.3 is 23.3 Å². The molecular weight excluding hydrogens is 1200 g/mol. The van der Waals surface area contributed by atoms with Gasteiger partial charge in [-0.2, -0.15) is 0 Å². The Bertz CT molecular complexity index is 3210. The summed E-state index contributed by atoms with van der Waals surface area (Å²) in [5, 5.41) is 33.6. The molecule has 0 bridgehead atoms. The number of ether oxygens (including phenoxy) is 9. The van der Waals surface area contributed by atoms with Gasteiger partial charge in [0, 0.05) is 80.6 Å². The number of imidazole rings is 2. The number of nitrogens with zero attached hydrogens (tertiary/aromatic N) is 8. The van der Waals surface area contributed by atoms with Gasteiger partial charge in [0.2, 0.25) is 0 Å². The lowest BCUT2D eigenvalue weighted by Crippen LogP contribution is -2.65. The van der Waals surface area contributed by atoms with Crippen LogP contribution in [-0.2, 0) is 85.2 Å². The number of carbonyl (C=O) groups excluding carboxylic acids is 3. The van der Waals surface area contributed by atoms with Crippen molar-refractivity contribution >= 4 is 40.6 Å². The van der Waals surface area contributed by atoms with Crippen LogP contribution in [0, 0.1) is 11.8 Å². The summed E-state index contributed by atoms with van der Waals surface area (Å²) >= 11 is 0. The number of aromatic nitrogens is 8. The number of H-pyrrole nitrogens is 2. The van der Waals surface area contributed by atoms with Gasteiger partial charge in [-0.25, -0.2) is 19.6 Å². The number of hydrogen-bond donors (Lipinski definition) is 7. The van der Waals surface area contributed by atoms with Crippen molar-refractivity contribution in [1.82, 2.24) is 48.0 Å². The maximum Gasteiger partial charge on any atom is 0.332 e. The molecule has 0 saturated carbocycles. The number of hydrogen-bond acceptors (Lipinski definition) is 25. The van der Waals surface area contributed by atoms with Crippen LogP contribution in [0.2, 0.25) is 0 Å². The highest BCUT2D eigenvalue weighted by atomic mass is 16.7. The average molecular weight is 1310 g/mol. The quantitative estimate of drug-likeness (QED) is 0.0668. The molecule has 19 atom stereocenters. The standard InChI is InChI=1S/C45H76N2O15.2C7H8N4O2.C2H8N2/c1-25-22-31(20-21-48)41(62-44-39(51)38(47(10)11)40(28(4)58-44)61-37-24-45(7,53)43(52)29(5)57-37)42(54-12)34(59-30(6)49)23-35(50)55-26(2)16-14-13-15-17-33(25)60-36-19-18-32(46(8)9)27(3)56-36;2*1-10-5-4(8-3-9-5)6(12)11(2)7(10)13;3-1-2-4/h13-15,17,21,25-29,31-34,36-44,51-53H,16,18-20,22-24H2,1-12H3;2*3H,1-2H3,(H,8,9);1-4H2/b14-13+,17-15+;;;/t25-,26-,27+,28-,29+,31+,32+,33+,34-,36+,37+,38-,39-,40-,41+,42+,43+,44+,45-;;;/m1.../s1. The second kappa shape index (κ2) is 34.8. The maximum atomic E-state index is 13.4. The van der Waals surface area contributed by atoms with E-state index in [-0.39, 0.29) is 59.8 Å². The SMILES string of the molecule is CO[C@@H]1[C@@H](O[C@@H]2O[C@H](C)[C@@H](O[C@H]3C[C@@](C)(O)[C@@H](O)[C@H](C)O3)[C@H](N(C)C)[C@H]2O)[C@@H](CC=O)C[C@@H](C)[C@@H](O[C@H]2CC[C@H](N(C)C)[C@H](C)O2)/C=C/C=C/C[C@@H](C)OC(=O)C[C@H]1OC(C)=O.Cn1c(=O)c2[nH]cnc2n(C)c1=O.Cn1c(=O)c2[nH]cnc2n(C)c1=O.NCCN. The number of aromatic amines is 2. The smallest absolute Gasteiger partial charge is 0.332 e. The molecule has 518 valence electrons. The first-order valence-corrected chi connectivity index (χ1v) is 30.9. The van der Waals surface area contributed by atoms with Gasteiger partial charge in [-0.05, 0) is 93.9 Å². The van der Waals surface area contributed by atoms with Crippen molar-refractivity contribution in [2.75, 3.05) is 48.4 Å². The number of aliphatic hydroxyl groups excluding tert-OH is 2. The summed E-state index contributed by atoms with van der Waals surface area (Å²) < 4.78 is 61.1. The highest BCUT2D eigenvalue weighted by Gasteiger charge is 2.52. The van der Waals surface area contributed by atoms with Crippen LogP contribution in [0.15, 0.2) is 56.1 Å². The molecule has 4 aromatic rings. The molecule has 0 aliphatic carbocycles. The molecule has 8 rings (SSSR count). The fourth-order valence-corrected chi connectivity index (χ4v) is 11.9. The number of aliphatic hydroxyl groups is 3.